The number of aldehydes is 1. The Morgan fingerprint density at radius 2 is 1.81 bits per heavy atom. The van der Waals surface area contributed by atoms with E-state index in [9.17, 15) is 23.9 Å². The summed E-state index contributed by atoms with van der Waals surface area (Å²) in [6.07, 6.45) is 5.98. The van der Waals surface area contributed by atoms with Crippen LogP contribution in [0.5, 0.6) is 11.5 Å². The molecule has 3 aliphatic rings. The molecule has 2 bridgehead atoms. The number of carboxylic acids is 1. The molecule has 3 saturated carbocycles. The topological polar surface area (TPSA) is 102 Å². The third-order valence-corrected chi connectivity index (χ3v) is 7.20. The highest BCUT2D eigenvalue weighted by molar-refractivity contribution is 5.98. The normalized spacial score (nSPS) is 31.8. The molecule has 4 atom stereocenters. The Kier molecular flexibility index (Phi) is 6.16. The SMILES string of the molecule is COc1cc(F)c(OC2CCC(C=O)CC2)cc1C(=O)NC1C2CCC(C2)C1C(=O)O. The molecule has 3 fully saturated rings. The van der Waals surface area contributed by atoms with Crippen LogP contribution in [0.25, 0.3) is 0 Å². The van der Waals surface area contributed by atoms with E-state index in [4.69, 9.17) is 9.47 Å². The number of carbonyl (C=O) groups excluding carboxylic acids is 2. The minimum atomic E-state index is -0.890. The van der Waals surface area contributed by atoms with Crippen molar-refractivity contribution >= 4 is 18.2 Å². The maximum atomic E-state index is 14.6. The second kappa shape index (κ2) is 8.85. The Hall–Kier alpha value is -2.64. The lowest BCUT2D eigenvalue weighted by Gasteiger charge is -2.29. The van der Waals surface area contributed by atoms with Crippen LogP contribution in [0.4, 0.5) is 4.39 Å². The predicted molar refractivity (Wildman–Crippen MR) is 109 cm³/mol. The quantitative estimate of drug-likeness (QED) is 0.641. The molecule has 0 heterocycles. The molecule has 1 aromatic rings. The first kappa shape index (κ1) is 21.6. The van der Waals surface area contributed by atoms with Crippen molar-refractivity contribution < 1.29 is 33.4 Å². The molecule has 0 aliphatic heterocycles. The van der Waals surface area contributed by atoms with Crippen molar-refractivity contribution in [2.24, 2.45) is 23.7 Å². The number of amides is 1. The Morgan fingerprint density at radius 3 is 2.45 bits per heavy atom. The predicted octanol–water partition coefficient (Wildman–Crippen LogP) is 3.20. The monoisotopic (exact) mass is 433 g/mol. The fraction of sp³-hybridized carbons (Fsp3) is 0.609. The molecule has 168 valence electrons. The number of carboxylic acid groups (broad SMARTS) is 1. The number of hydrogen-bond acceptors (Lipinski definition) is 5. The molecule has 8 heteroatoms. The van der Waals surface area contributed by atoms with Crippen molar-refractivity contribution in [2.75, 3.05) is 7.11 Å². The van der Waals surface area contributed by atoms with E-state index in [1.807, 2.05) is 0 Å². The van der Waals surface area contributed by atoms with E-state index >= 15 is 0 Å². The molecule has 2 N–H and O–H groups in total. The second-order valence-corrected chi connectivity index (χ2v) is 8.97. The zero-order chi connectivity index (χ0) is 22.1. The van der Waals surface area contributed by atoms with E-state index in [0.29, 0.717) is 25.7 Å². The van der Waals surface area contributed by atoms with Gasteiger partial charge in [-0.15, -0.1) is 0 Å². The van der Waals surface area contributed by atoms with Gasteiger partial charge in [-0.1, -0.05) is 0 Å². The second-order valence-electron chi connectivity index (χ2n) is 8.97. The molecule has 31 heavy (non-hydrogen) atoms. The maximum absolute atomic E-state index is 14.6. The van der Waals surface area contributed by atoms with Crippen LogP contribution in [-0.4, -0.2) is 42.5 Å². The number of methoxy groups -OCH3 is 1. The number of carbonyl (C=O) groups is 3. The molecule has 4 rings (SSSR count). The van der Waals surface area contributed by atoms with Gasteiger partial charge in [-0.2, -0.15) is 0 Å². The van der Waals surface area contributed by atoms with Crippen molar-refractivity contribution in [1.29, 1.82) is 0 Å². The van der Waals surface area contributed by atoms with Crippen LogP contribution in [0, 0.1) is 29.5 Å². The van der Waals surface area contributed by atoms with E-state index in [2.05, 4.69) is 5.32 Å². The van der Waals surface area contributed by atoms with Gasteiger partial charge in [0.25, 0.3) is 5.91 Å². The molecule has 0 radical (unpaired) electrons. The molecular formula is C23H28FNO6. The number of nitrogens with one attached hydrogen (secondary N) is 1. The lowest BCUT2D eigenvalue weighted by atomic mass is 9.84. The lowest BCUT2D eigenvalue weighted by Crippen LogP contribution is -2.46. The van der Waals surface area contributed by atoms with Gasteiger partial charge < -0.3 is 24.7 Å². The number of hydrogen-bond donors (Lipinski definition) is 2. The van der Waals surface area contributed by atoms with Crippen molar-refractivity contribution in [3.63, 3.8) is 0 Å². The highest BCUT2D eigenvalue weighted by Crippen LogP contribution is 2.48. The molecule has 4 unspecified atom stereocenters. The summed E-state index contributed by atoms with van der Waals surface area (Å²) >= 11 is 0. The summed E-state index contributed by atoms with van der Waals surface area (Å²) in [7, 11) is 1.35. The molecular weight excluding hydrogens is 405 g/mol. The molecule has 0 spiro atoms. The number of aliphatic carboxylic acids is 1. The third kappa shape index (κ3) is 4.25. The lowest BCUT2D eigenvalue weighted by molar-refractivity contribution is -0.144. The minimum Gasteiger partial charge on any atom is -0.496 e. The average molecular weight is 433 g/mol. The summed E-state index contributed by atoms with van der Waals surface area (Å²) < 4.78 is 25.6. The number of rotatable bonds is 7. The van der Waals surface area contributed by atoms with Crippen LogP contribution in [0.1, 0.15) is 55.3 Å². The van der Waals surface area contributed by atoms with Crippen LogP contribution in [-0.2, 0) is 9.59 Å². The van der Waals surface area contributed by atoms with Crippen molar-refractivity contribution in [3.05, 3.63) is 23.5 Å². The van der Waals surface area contributed by atoms with E-state index in [1.54, 1.807) is 0 Å². The standard InChI is InChI=1S/C23H28FNO6/c1-30-18-10-17(24)19(31-15-6-2-12(11-26)3-7-15)9-16(18)22(27)25-21-14-5-4-13(8-14)20(21)23(28)29/h9-15,20-21H,2-8H2,1H3,(H,25,27)(H,28,29). The fourth-order valence-electron chi connectivity index (χ4n) is 5.58. The highest BCUT2D eigenvalue weighted by Gasteiger charge is 2.51. The van der Waals surface area contributed by atoms with Gasteiger partial charge in [0.05, 0.1) is 24.7 Å². The first-order valence-electron chi connectivity index (χ1n) is 10.9. The molecule has 7 nitrogen and oxygen atoms in total. The molecule has 0 saturated heterocycles. The first-order valence-corrected chi connectivity index (χ1v) is 10.9. The molecule has 0 aromatic heterocycles. The van der Waals surface area contributed by atoms with Crippen LogP contribution in [0.3, 0.4) is 0 Å². The summed E-state index contributed by atoms with van der Waals surface area (Å²) in [5, 5.41) is 12.5. The first-order chi connectivity index (χ1) is 14.9. The molecule has 3 aliphatic carbocycles. The van der Waals surface area contributed by atoms with Gasteiger partial charge in [0.1, 0.15) is 12.0 Å². The Labute approximate surface area is 180 Å². The summed E-state index contributed by atoms with van der Waals surface area (Å²) in [5.41, 5.74) is 0.118. The average Bonchev–Trinajstić information content (AvgIpc) is 3.37. The zero-order valence-corrected chi connectivity index (χ0v) is 17.5. The Balaban J connectivity index is 1.51. The molecule has 1 amide bonds. The summed E-state index contributed by atoms with van der Waals surface area (Å²) in [4.78, 5) is 35.7. The largest absolute Gasteiger partial charge is 0.496 e. The van der Waals surface area contributed by atoms with Crippen molar-refractivity contribution in [1.82, 2.24) is 5.32 Å². The van der Waals surface area contributed by atoms with Gasteiger partial charge in [0.2, 0.25) is 0 Å². The molecule has 1 aromatic carbocycles. The number of fused-ring (bicyclic) bond motifs is 2. The number of benzene rings is 1. The summed E-state index contributed by atoms with van der Waals surface area (Å²) in [5.74, 6) is -2.33. The highest BCUT2D eigenvalue weighted by atomic mass is 19.1. The number of halogens is 1. The van der Waals surface area contributed by atoms with Gasteiger partial charge in [0.15, 0.2) is 11.6 Å². The number of ether oxygens (including phenoxy) is 2. The van der Waals surface area contributed by atoms with Crippen LogP contribution < -0.4 is 14.8 Å². The zero-order valence-electron chi connectivity index (χ0n) is 17.5. The summed E-state index contributed by atoms with van der Waals surface area (Å²) in [6, 6.07) is 2.01. The van der Waals surface area contributed by atoms with E-state index in [1.165, 1.54) is 13.2 Å². The van der Waals surface area contributed by atoms with Gasteiger partial charge in [-0.25, -0.2) is 4.39 Å². The van der Waals surface area contributed by atoms with Gasteiger partial charge in [-0.05, 0) is 62.8 Å². The van der Waals surface area contributed by atoms with Crippen molar-refractivity contribution in [2.45, 2.75) is 57.1 Å². The fourth-order valence-corrected chi connectivity index (χ4v) is 5.58. The third-order valence-electron chi connectivity index (χ3n) is 7.20. The van der Waals surface area contributed by atoms with Crippen molar-refractivity contribution in [3.8, 4) is 11.5 Å². The van der Waals surface area contributed by atoms with Crippen LogP contribution >= 0.6 is 0 Å². The van der Waals surface area contributed by atoms with Gasteiger partial charge >= 0.3 is 5.97 Å². The van der Waals surface area contributed by atoms with Gasteiger partial charge in [0, 0.05) is 18.0 Å². The summed E-state index contributed by atoms with van der Waals surface area (Å²) in [6.45, 7) is 0. The van der Waals surface area contributed by atoms with Crippen LogP contribution in [0.15, 0.2) is 12.1 Å². The Bertz CT molecular complexity index is 866. The van der Waals surface area contributed by atoms with E-state index in [0.717, 1.165) is 31.6 Å². The minimum absolute atomic E-state index is 0.0193. The van der Waals surface area contributed by atoms with E-state index in [-0.39, 0.29) is 40.9 Å². The Morgan fingerprint density at radius 1 is 1.10 bits per heavy atom. The maximum Gasteiger partial charge on any atom is 0.308 e. The smallest absolute Gasteiger partial charge is 0.308 e. The van der Waals surface area contributed by atoms with Crippen LogP contribution in [0.2, 0.25) is 0 Å². The van der Waals surface area contributed by atoms with Gasteiger partial charge in [-0.3, -0.25) is 9.59 Å². The van der Waals surface area contributed by atoms with E-state index < -0.39 is 29.7 Å².